The minimum atomic E-state index is -0.0859. The summed E-state index contributed by atoms with van der Waals surface area (Å²) in [7, 11) is 4.12. The van der Waals surface area contributed by atoms with E-state index in [1.807, 2.05) is 24.4 Å². The molecule has 0 aliphatic heterocycles. The van der Waals surface area contributed by atoms with Crippen molar-refractivity contribution in [1.82, 2.24) is 9.88 Å². The molecule has 0 saturated heterocycles. The summed E-state index contributed by atoms with van der Waals surface area (Å²) in [5.74, 6) is 0.723. The molecule has 0 unspecified atom stereocenters. The van der Waals surface area contributed by atoms with Gasteiger partial charge in [0.2, 0.25) is 0 Å². The molecule has 1 aliphatic carbocycles. The predicted octanol–water partition coefficient (Wildman–Crippen LogP) is 3.01. The number of halogens is 1. The number of fused-ring (bicyclic) bond motifs is 1. The molecule has 0 amide bonds. The quantitative estimate of drug-likeness (QED) is 0.682. The second-order valence-corrected chi connectivity index (χ2v) is 5.74. The molecule has 1 aromatic heterocycles. The maximum absolute atomic E-state index is 11.9. The molecule has 1 heterocycles. The number of aromatic amines is 1. The normalized spacial score (nSPS) is 14.2. The number of esters is 1. The van der Waals surface area contributed by atoms with Crippen molar-refractivity contribution in [3.63, 3.8) is 0 Å². The van der Waals surface area contributed by atoms with Gasteiger partial charge in [-0.25, -0.2) is 0 Å². The Balaban J connectivity index is 0.00000161. The van der Waals surface area contributed by atoms with Gasteiger partial charge in [-0.1, -0.05) is 6.07 Å². The van der Waals surface area contributed by atoms with Gasteiger partial charge in [-0.2, -0.15) is 0 Å². The molecule has 21 heavy (non-hydrogen) atoms. The fourth-order valence-corrected chi connectivity index (χ4v) is 2.36. The molecule has 0 spiro atoms. The van der Waals surface area contributed by atoms with E-state index in [-0.39, 0.29) is 24.3 Å². The van der Waals surface area contributed by atoms with Gasteiger partial charge in [0.15, 0.2) is 0 Å². The maximum atomic E-state index is 11.9. The number of carbonyl (C=O) groups is 1. The third-order valence-corrected chi connectivity index (χ3v) is 3.70. The Hall–Kier alpha value is -1.52. The average Bonchev–Trinajstić information content (AvgIpc) is 3.18. The van der Waals surface area contributed by atoms with Crippen LogP contribution in [0.2, 0.25) is 0 Å². The SMILES string of the molecule is CN(C)CCc1c[nH]c2cccc(OC(=O)C3CC3)c12.Cl. The standard InChI is InChI=1S/C16H20N2O2.ClH/c1-18(2)9-8-12-10-17-13-4-3-5-14(15(12)13)20-16(19)11-6-7-11;/h3-5,10-11,17H,6-9H2,1-2H3;1H. The van der Waals surface area contributed by atoms with E-state index in [9.17, 15) is 4.79 Å². The van der Waals surface area contributed by atoms with Gasteiger partial charge >= 0.3 is 5.97 Å². The molecule has 1 aromatic carbocycles. The van der Waals surface area contributed by atoms with E-state index in [0.29, 0.717) is 5.75 Å². The third-order valence-electron chi connectivity index (χ3n) is 3.70. The zero-order valence-corrected chi connectivity index (χ0v) is 13.2. The first-order valence-corrected chi connectivity index (χ1v) is 7.10. The Morgan fingerprint density at radius 3 is 2.81 bits per heavy atom. The number of benzene rings is 1. The predicted molar refractivity (Wildman–Crippen MR) is 86.2 cm³/mol. The zero-order valence-electron chi connectivity index (χ0n) is 12.4. The zero-order chi connectivity index (χ0) is 14.1. The number of carbonyl (C=O) groups excluding carboxylic acids is 1. The van der Waals surface area contributed by atoms with Crippen molar-refractivity contribution in [2.24, 2.45) is 5.92 Å². The Morgan fingerprint density at radius 2 is 2.14 bits per heavy atom. The van der Waals surface area contributed by atoms with Crippen LogP contribution in [0.15, 0.2) is 24.4 Å². The van der Waals surface area contributed by atoms with Crippen LogP contribution in [0.4, 0.5) is 0 Å². The molecule has 3 rings (SSSR count). The van der Waals surface area contributed by atoms with E-state index in [1.165, 1.54) is 5.56 Å². The number of nitrogens with one attached hydrogen (secondary N) is 1. The molecule has 5 heteroatoms. The third kappa shape index (κ3) is 3.57. The lowest BCUT2D eigenvalue weighted by Crippen LogP contribution is -2.15. The van der Waals surface area contributed by atoms with Crippen LogP contribution in [0.5, 0.6) is 5.75 Å². The highest BCUT2D eigenvalue weighted by Crippen LogP contribution is 2.34. The van der Waals surface area contributed by atoms with Gasteiger partial charge in [0, 0.05) is 23.6 Å². The van der Waals surface area contributed by atoms with Crippen molar-refractivity contribution in [2.75, 3.05) is 20.6 Å². The average molecular weight is 309 g/mol. The first-order chi connectivity index (χ1) is 9.65. The van der Waals surface area contributed by atoms with Gasteiger partial charge in [-0.05, 0) is 51.1 Å². The monoisotopic (exact) mass is 308 g/mol. The Labute approximate surface area is 130 Å². The highest BCUT2D eigenvalue weighted by Gasteiger charge is 2.32. The van der Waals surface area contributed by atoms with Gasteiger partial charge in [0.25, 0.3) is 0 Å². The second-order valence-electron chi connectivity index (χ2n) is 5.74. The Kier molecular flexibility index (Phi) is 4.91. The minimum Gasteiger partial charge on any atom is -0.426 e. The van der Waals surface area contributed by atoms with Crippen molar-refractivity contribution >= 4 is 29.3 Å². The Morgan fingerprint density at radius 1 is 1.38 bits per heavy atom. The van der Waals surface area contributed by atoms with E-state index in [1.54, 1.807) is 0 Å². The fraction of sp³-hybridized carbons (Fsp3) is 0.438. The van der Waals surface area contributed by atoms with Crippen molar-refractivity contribution in [3.8, 4) is 5.75 Å². The molecule has 2 aromatic rings. The summed E-state index contributed by atoms with van der Waals surface area (Å²) < 4.78 is 5.58. The lowest BCUT2D eigenvalue weighted by atomic mass is 10.1. The number of likely N-dealkylation sites (N-methyl/N-ethyl adjacent to an activating group) is 1. The highest BCUT2D eigenvalue weighted by molar-refractivity contribution is 5.92. The van der Waals surface area contributed by atoms with Crippen LogP contribution in [0.1, 0.15) is 18.4 Å². The lowest BCUT2D eigenvalue weighted by molar-refractivity contribution is -0.135. The van der Waals surface area contributed by atoms with Crippen LogP contribution < -0.4 is 4.74 Å². The summed E-state index contributed by atoms with van der Waals surface area (Å²) in [6.45, 7) is 0.970. The van der Waals surface area contributed by atoms with Gasteiger partial charge in [-0.3, -0.25) is 4.79 Å². The van der Waals surface area contributed by atoms with Crippen molar-refractivity contribution in [1.29, 1.82) is 0 Å². The molecular weight excluding hydrogens is 288 g/mol. The summed E-state index contributed by atoms with van der Waals surface area (Å²) in [5, 5.41) is 1.04. The number of H-pyrrole nitrogens is 1. The lowest BCUT2D eigenvalue weighted by Gasteiger charge is -2.10. The van der Waals surface area contributed by atoms with Crippen molar-refractivity contribution in [3.05, 3.63) is 30.0 Å². The van der Waals surface area contributed by atoms with Crippen LogP contribution in [-0.4, -0.2) is 36.5 Å². The molecular formula is C16H21ClN2O2. The first kappa shape index (κ1) is 15.9. The molecule has 1 saturated carbocycles. The number of hydrogen-bond donors (Lipinski definition) is 1. The summed E-state index contributed by atoms with van der Waals surface area (Å²) >= 11 is 0. The molecule has 0 atom stereocenters. The summed E-state index contributed by atoms with van der Waals surface area (Å²) in [6, 6.07) is 5.82. The molecule has 1 aliphatic rings. The molecule has 114 valence electrons. The summed E-state index contributed by atoms with van der Waals surface area (Å²) in [5.41, 5.74) is 2.23. The van der Waals surface area contributed by atoms with E-state index in [2.05, 4.69) is 24.0 Å². The highest BCUT2D eigenvalue weighted by atomic mass is 35.5. The number of hydrogen-bond acceptors (Lipinski definition) is 3. The van der Waals surface area contributed by atoms with Gasteiger partial charge in [0.1, 0.15) is 5.75 Å². The fourth-order valence-electron chi connectivity index (χ4n) is 2.36. The molecule has 0 radical (unpaired) electrons. The van der Waals surface area contributed by atoms with Crippen molar-refractivity contribution in [2.45, 2.75) is 19.3 Å². The van der Waals surface area contributed by atoms with Crippen LogP contribution in [0.25, 0.3) is 10.9 Å². The van der Waals surface area contributed by atoms with Gasteiger partial charge < -0.3 is 14.6 Å². The largest absolute Gasteiger partial charge is 0.426 e. The van der Waals surface area contributed by atoms with Crippen molar-refractivity contribution < 1.29 is 9.53 Å². The van der Waals surface area contributed by atoms with Crippen LogP contribution in [-0.2, 0) is 11.2 Å². The van der Waals surface area contributed by atoms with E-state index >= 15 is 0 Å². The first-order valence-electron chi connectivity index (χ1n) is 7.10. The number of nitrogens with zero attached hydrogens (tertiary/aromatic N) is 1. The summed E-state index contributed by atoms with van der Waals surface area (Å²) in [6.07, 6.45) is 4.89. The van der Waals surface area contributed by atoms with Crippen LogP contribution >= 0.6 is 12.4 Å². The topological polar surface area (TPSA) is 45.3 Å². The van der Waals surface area contributed by atoms with Gasteiger partial charge in [-0.15, -0.1) is 12.4 Å². The smallest absolute Gasteiger partial charge is 0.314 e. The molecule has 4 nitrogen and oxygen atoms in total. The number of rotatable bonds is 5. The molecule has 1 N–H and O–H groups in total. The second kappa shape index (κ2) is 6.50. The van der Waals surface area contributed by atoms with E-state index in [0.717, 1.165) is 36.7 Å². The van der Waals surface area contributed by atoms with E-state index in [4.69, 9.17) is 4.74 Å². The van der Waals surface area contributed by atoms with Crippen LogP contribution in [0.3, 0.4) is 0 Å². The minimum absolute atomic E-state index is 0. The van der Waals surface area contributed by atoms with Crippen LogP contribution in [0, 0.1) is 5.92 Å². The molecule has 0 bridgehead atoms. The van der Waals surface area contributed by atoms with E-state index < -0.39 is 0 Å². The van der Waals surface area contributed by atoms with Gasteiger partial charge in [0.05, 0.1) is 5.92 Å². The summed E-state index contributed by atoms with van der Waals surface area (Å²) in [4.78, 5) is 17.3. The molecule has 1 fully saturated rings. The maximum Gasteiger partial charge on any atom is 0.314 e. The Bertz CT molecular complexity index is 632. The number of aromatic nitrogens is 1. The number of ether oxygens (including phenoxy) is 1.